The van der Waals surface area contributed by atoms with Crippen LogP contribution in [0.25, 0.3) is 0 Å². The lowest BCUT2D eigenvalue weighted by molar-refractivity contribution is -0.870. The average Bonchev–Trinajstić information content (AvgIpc) is 3.35. The fourth-order valence-electron chi connectivity index (χ4n) is 8.68. The van der Waals surface area contributed by atoms with E-state index in [1.807, 2.05) is 33.3 Å². The van der Waals surface area contributed by atoms with E-state index in [0.717, 1.165) is 89.9 Å². The predicted molar refractivity (Wildman–Crippen MR) is 312 cm³/mol. The molecule has 9 nitrogen and oxygen atoms in total. The average molecular weight is 1050 g/mol. The van der Waals surface area contributed by atoms with E-state index in [-0.39, 0.29) is 24.9 Å². The van der Waals surface area contributed by atoms with Gasteiger partial charge in [-0.05, 0) is 76.7 Å². The van der Waals surface area contributed by atoms with Gasteiger partial charge in [0.2, 0.25) is 5.91 Å². The molecule has 0 radical (unpaired) electrons. The van der Waals surface area contributed by atoms with Gasteiger partial charge < -0.3 is 28.5 Å². The van der Waals surface area contributed by atoms with Gasteiger partial charge in [0.05, 0.1) is 33.8 Å². The van der Waals surface area contributed by atoms with Gasteiger partial charge >= 0.3 is 5.97 Å². The minimum Gasteiger partial charge on any atom is -0.756 e. The molecule has 73 heavy (non-hydrogen) atoms. The Morgan fingerprint density at radius 2 is 0.836 bits per heavy atom. The number of ether oxygens (including phenoxy) is 1. The molecule has 0 rings (SSSR count). The summed E-state index contributed by atoms with van der Waals surface area (Å²) in [5, 5.41) is 3.02. The third kappa shape index (κ3) is 54.3. The summed E-state index contributed by atoms with van der Waals surface area (Å²) in [7, 11) is 1.18. The largest absolute Gasteiger partial charge is 0.756 e. The monoisotopic (exact) mass is 1040 g/mol. The Bertz CT molecular complexity index is 1440. The van der Waals surface area contributed by atoms with Crippen molar-refractivity contribution in [3.05, 3.63) is 60.8 Å². The fraction of sp³-hybridized carbons (Fsp3) is 0.810. The number of rotatable bonds is 55. The molecule has 0 aromatic heterocycles. The molecule has 0 aromatic carbocycles. The minimum atomic E-state index is -4.70. The molecular weight excluding hydrogens is 928 g/mol. The summed E-state index contributed by atoms with van der Waals surface area (Å²) in [6, 6.07) is -0.894. The van der Waals surface area contributed by atoms with Crippen LogP contribution in [0, 0.1) is 0 Å². The number of amides is 1. The lowest BCUT2D eigenvalue weighted by Crippen LogP contribution is -2.47. The summed E-state index contributed by atoms with van der Waals surface area (Å²) in [6.45, 7) is 6.81. The molecule has 0 heterocycles. The highest BCUT2D eigenvalue weighted by Crippen LogP contribution is 2.38. The van der Waals surface area contributed by atoms with Gasteiger partial charge in [-0.3, -0.25) is 14.2 Å². The highest BCUT2D eigenvalue weighted by molar-refractivity contribution is 7.45. The predicted octanol–water partition coefficient (Wildman–Crippen LogP) is 18.0. The first-order valence-corrected chi connectivity index (χ1v) is 32.1. The van der Waals surface area contributed by atoms with Crippen molar-refractivity contribution in [2.24, 2.45) is 0 Å². The number of likely N-dealkylation sites (N-methyl/N-ethyl adjacent to an activating group) is 1. The Labute approximate surface area is 451 Å². The molecule has 1 amide bonds. The Balaban J connectivity index is 5.29. The van der Waals surface area contributed by atoms with Gasteiger partial charge in [0.15, 0.2) is 0 Å². The number of phosphoric ester groups is 1. The molecule has 0 bridgehead atoms. The van der Waals surface area contributed by atoms with E-state index < -0.39 is 26.6 Å². The van der Waals surface area contributed by atoms with Gasteiger partial charge in [-0.25, -0.2) is 0 Å². The number of hydrogen-bond acceptors (Lipinski definition) is 7. The number of carbonyl (C=O) groups is 2. The van der Waals surface area contributed by atoms with Crippen LogP contribution in [-0.4, -0.2) is 69.4 Å². The van der Waals surface area contributed by atoms with E-state index in [9.17, 15) is 19.0 Å². The van der Waals surface area contributed by atoms with Crippen molar-refractivity contribution in [2.45, 2.75) is 290 Å². The summed E-state index contributed by atoms with van der Waals surface area (Å²) in [6.07, 6.45) is 66.1. The van der Waals surface area contributed by atoms with E-state index in [0.29, 0.717) is 23.9 Å². The molecule has 0 aliphatic rings. The van der Waals surface area contributed by atoms with Gasteiger partial charge in [0.1, 0.15) is 19.3 Å². The van der Waals surface area contributed by atoms with Crippen LogP contribution in [0.1, 0.15) is 278 Å². The Morgan fingerprint density at radius 3 is 1.27 bits per heavy atom. The fourth-order valence-corrected chi connectivity index (χ4v) is 9.41. The SMILES string of the molecule is CCCCC/C=C\C/C=C\C/C=C\C/C=C\CCCCCCCC(=O)OC(/C=C/CCCCCCCCCCCC)C(COP(=O)([O-])OCC[N+](C)(C)C)NC(=O)CCCCCCCCCCCCCCCC. The second kappa shape index (κ2) is 53.1. The number of allylic oxidation sites excluding steroid dienone is 9. The lowest BCUT2D eigenvalue weighted by Gasteiger charge is -2.30. The zero-order chi connectivity index (χ0) is 53.6. The zero-order valence-electron chi connectivity index (χ0n) is 48.6. The number of nitrogens with zero attached hydrogens (tertiary/aromatic N) is 1. The second-order valence-corrected chi connectivity index (χ2v) is 23.3. The summed E-state index contributed by atoms with van der Waals surface area (Å²) >= 11 is 0. The van der Waals surface area contributed by atoms with Crippen LogP contribution in [0.3, 0.4) is 0 Å². The molecular formula is C63H117N2O7P. The maximum atomic E-state index is 13.5. The van der Waals surface area contributed by atoms with Crippen molar-refractivity contribution in [3.63, 3.8) is 0 Å². The van der Waals surface area contributed by atoms with Crippen molar-refractivity contribution in [1.82, 2.24) is 5.32 Å². The maximum absolute atomic E-state index is 13.5. The van der Waals surface area contributed by atoms with Crippen LogP contribution in [0.5, 0.6) is 0 Å². The molecule has 0 aliphatic carbocycles. The molecule has 3 atom stereocenters. The maximum Gasteiger partial charge on any atom is 0.306 e. The first-order chi connectivity index (χ1) is 35.4. The quantitative estimate of drug-likeness (QED) is 0.0212. The minimum absolute atomic E-state index is 0.0257. The van der Waals surface area contributed by atoms with Crippen LogP contribution in [0.4, 0.5) is 0 Å². The van der Waals surface area contributed by atoms with E-state index in [4.69, 9.17) is 13.8 Å². The van der Waals surface area contributed by atoms with Crippen molar-refractivity contribution >= 4 is 19.7 Å². The van der Waals surface area contributed by atoms with E-state index in [1.165, 1.54) is 148 Å². The molecule has 0 saturated carbocycles. The first-order valence-electron chi connectivity index (χ1n) is 30.6. The number of carbonyl (C=O) groups excluding carboxylic acids is 2. The number of phosphoric acid groups is 1. The number of nitrogens with one attached hydrogen (secondary N) is 1. The van der Waals surface area contributed by atoms with Crippen LogP contribution >= 0.6 is 7.82 Å². The number of unbranched alkanes of at least 4 members (excludes halogenated alkanes) is 31. The van der Waals surface area contributed by atoms with Crippen molar-refractivity contribution in [2.75, 3.05) is 40.9 Å². The molecule has 0 spiro atoms. The lowest BCUT2D eigenvalue weighted by atomic mass is 10.0. The van der Waals surface area contributed by atoms with Crippen LogP contribution in [0.2, 0.25) is 0 Å². The highest BCUT2D eigenvalue weighted by atomic mass is 31.2. The summed E-state index contributed by atoms with van der Waals surface area (Å²) in [5.74, 6) is -0.556. The summed E-state index contributed by atoms with van der Waals surface area (Å²) in [4.78, 5) is 39.9. The molecule has 0 fully saturated rings. The Hall–Kier alpha value is -2.29. The first kappa shape index (κ1) is 70.7. The topological polar surface area (TPSA) is 114 Å². The van der Waals surface area contributed by atoms with E-state index >= 15 is 0 Å². The Kier molecular flexibility index (Phi) is 51.5. The molecule has 3 unspecified atom stereocenters. The molecule has 0 aromatic rings. The number of quaternary nitrogens is 1. The van der Waals surface area contributed by atoms with Gasteiger partial charge in [-0.15, -0.1) is 0 Å². The van der Waals surface area contributed by atoms with E-state index in [2.05, 4.69) is 74.7 Å². The molecule has 0 aliphatic heterocycles. The van der Waals surface area contributed by atoms with Crippen LogP contribution in [0.15, 0.2) is 60.8 Å². The van der Waals surface area contributed by atoms with Crippen molar-refractivity contribution in [3.8, 4) is 0 Å². The van der Waals surface area contributed by atoms with Gasteiger partial charge in [-0.2, -0.15) is 0 Å². The highest BCUT2D eigenvalue weighted by Gasteiger charge is 2.27. The van der Waals surface area contributed by atoms with Crippen LogP contribution in [-0.2, 0) is 27.9 Å². The molecule has 10 heteroatoms. The summed E-state index contributed by atoms with van der Waals surface area (Å²) in [5.41, 5.74) is 0. The molecule has 426 valence electrons. The smallest absolute Gasteiger partial charge is 0.306 e. The molecule has 0 saturated heterocycles. The van der Waals surface area contributed by atoms with Crippen LogP contribution < -0.4 is 10.2 Å². The summed E-state index contributed by atoms with van der Waals surface area (Å²) < 4.78 is 30.3. The number of esters is 1. The van der Waals surface area contributed by atoms with Crippen molar-refractivity contribution in [1.29, 1.82) is 0 Å². The number of hydrogen-bond donors (Lipinski definition) is 1. The van der Waals surface area contributed by atoms with Gasteiger partial charge in [-0.1, -0.05) is 249 Å². The molecule has 1 N–H and O–H groups in total. The Morgan fingerprint density at radius 1 is 0.479 bits per heavy atom. The van der Waals surface area contributed by atoms with Crippen molar-refractivity contribution < 1.29 is 37.3 Å². The van der Waals surface area contributed by atoms with Gasteiger partial charge in [0, 0.05) is 12.8 Å². The zero-order valence-corrected chi connectivity index (χ0v) is 49.5. The third-order valence-corrected chi connectivity index (χ3v) is 14.4. The van der Waals surface area contributed by atoms with Gasteiger partial charge in [0.25, 0.3) is 7.82 Å². The normalized spacial score (nSPS) is 14.1. The van der Waals surface area contributed by atoms with E-state index in [1.54, 1.807) is 0 Å². The standard InChI is InChI=1S/C63H117N2O7P/c1-7-10-13-16-19-22-25-28-30-31-32-33-34-35-36-38-41-44-47-50-53-56-63(67)72-61(54-51-48-45-42-39-27-24-21-18-15-12-9-3)60(59-71-73(68,69)70-58-57-65(4,5)6)64-62(66)55-52-49-46-43-40-37-29-26-23-20-17-14-11-8-2/h19,22,28,30,32-33,35-36,51,54,60-61H,7-18,20-21,23-27,29,31,34,37-50,52-53,55-59H2,1-6H3,(H-,64,66,68,69)/b22-19-,30-28-,33-32-,36-35-,54-51+. The third-order valence-electron chi connectivity index (χ3n) is 13.5. The second-order valence-electron chi connectivity index (χ2n) is 21.9.